The predicted molar refractivity (Wildman–Crippen MR) is 113 cm³/mol. The Morgan fingerprint density at radius 2 is 1.90 bits per heavy atom. The molecule has 0 saturated heterocycles. The van der Waals surface area contributed by atoms with E-state index >= 15 is 0 Å². The summed E-state index contributed by atoms with van der Waals surface area (Å²) in [4.78, 5) is 31.0. The maximum Gasteiger partial charge on any atom is 0.338 e. The highest BCUT2D eigenvalue weighted by atomic mass is 32.1. The number of carbonyl (C=O) groups excluding carboxylic acids is 1. The van der Waals surface area contributed by atoms with Crippen LogP contribution in [0, 0.1) is 5.82 Å². The van der Waals surface area contributed by atoms with Crippen LogP contribution in [0.3, 0.4) is 0 Å². The Bertz CT molecular complexity index is 1320. The summed E-state index contributed by atoms with van der Waals surface area (Å²) in [6.07, 6.45) is 1.77. The van der Waals surface area contributed by atoms with Crippen LogP contribution in [0.25, 0.3) is 6.08 Å². The summed E-state index contributed by atoms with van der Waals surface area (Å²) in [6.45, 7) is 3.54. The molecule has 0 N–H and O–H groups in total. The molecule has 3 aromatic rings. The number of aromatic nitrogens is 1. The van der Waals surface area contributed by atoms with Gasteiger partial charge < -0.3 is 4.74 Å². The lowest BCUT2D eigenvalue weighted by atomic mass is 9.95. The molecule has 7 heteroatoms. The minimum Gasteiger partial charge on any atom is -0.463 e. The van der Waals surface area contributed by atoms with Crippen molar-refractivity contribution in [3.05, 3.63) is 102 Å². The molecule has 152 valence electrons. The number of benzene rings is 2. The number of halogens is 1. The van der Waals surface area contributed by atoms with Gasteiger partial charge in [-0.15, -0.1) is 0 Å². The van der Waals surface area contributed by atoms with Crippen LogP contribution in [-0.2, 0) is 9.53 Å². The minimum atomic E-state index is -0.945. The molecule has 0 saturated carbocycles. The lowest BCUT2D eigenvalue weighted by molar-refractivity contribution is -0.139. The second-order valence-electron chi connectivity index (χ2n) is 6.73. The molecule has 0 bridgehead atoms. The molecule has 0 fully saturated rings. The third-order valence-corrected chi connectivity index (χ3v) is 5.80. The number of fused-ring (bicyclic) bond motifs is 1. The van der Waals surface area contributed by atoms with Crippen LogP contribution in [-0.4, -0.2) is 17.1 Å². The molecule has 2 aromatic carbocycles. The van der Waals surface area contributed by atoms with E-state index in [9.17, 15) is 14.0 Å². The Labute approximate surface area is 176 Å². The molecule has 1 aliphatic rings. The SMILES string of the molecule is CCOC(=O)C1=C(C)N=c2s/c(=C\c3ccccc3)c(=O)n2[C@@H]1c1ccccc1F. The van der Waals surface area contributed by atoms with E-state index in [0.29, 0.717) is 15.0 Å². The second kappa shape index (κ2) is 8.20. The van der Waals surface area contributed by atoms with Gasteiger partial charge in [-0.05, 0) is 31.6 Å². The van der Waals surface area contributed by atoms with E-state index < -0.39 is 17.8 Å². The van der Waals surface area contributed by atoms with Crippen molar-refractivity contribution in [2.75, 3.05) is 6.61 Å². The maximum absolute atomic E-state index is 14.8. The fraction of sp³-hybridized carbons (Fsp3) is 0.174. The number of ether oxygens (including phenoxy) is 1. The molecular weight excluding hydrogens is 403 g/mol. The summed E-state index contributed by atoms with van der Waals surface area (Å²) in [5.74, 6) is -1.11. The zero-order valence-corrected chi connectivity index (χ0v) is 17.3. The average molecular weight is 422 g/mol. The van der Waals surface area contributed by atoms with E-state index in [1.54, 1.807) is 38.1 Å². The third kappa shape index (κ3) is 3.52. The second-order valence-corrected chi connectivity index (χ2v) is 7.74. The molecule has 0 spiro atoms. The number of carbonyl (C=O) groups is 1. The first-order valence-electron chi connectivity index (χ1n) is 9.50. The Balaban J connectivity index is 1.99. The summed E-state index contributed by atoms with van der Waals surface area (Å²) < 4.78 is 21.8. The van der Waals surface area contributed by atoms with Crippen molar-refractivity contribution in [2.24, 2.45) is 4.99 Å². The topological polar surface area (TPSA) is 60.7 Å². The largest absolute Gasteiger partial charge is 0.463 e. The first-order chi connectivity index (χ1) is 14.5. The molecule has 0 amide bonds. The molecule has 0 radical (unpaired) electrons. The van der Waals surface area contributed by atoms with Gasteiger partial charge in [-0.25, -0.2) is 14.2 Å². The van der Waals surface area contributed by atoms with Gasteiger partial charge in [0.25, 0.3) is 5.56 Å². The molecule has 2 heterocycles. The average Bonchev–Trinajstić information content (AvgIpc) is 3.03. The minimum absolute atomic E-state index is 0.165. The number of hydrogen-bond acceptors (Lipinski definition) is 5. The van der Waals surface area contributed by atoms with Crippen LogP contribution < -0.4 is 14.9 Å². The molecule has 5 nitrogen and oxygen atoms in total. The molecule has 4 rings (SSSR count). The van der Waals surface area contributed by atoms with E-state index in [1.165, 1.54) is 22.0 Å². The summed E-state index contributed by atoms with van der Waals surface area (Å²) >= 11 is 1.21. The first kappa shape index (κ1) is 20.0. The van der Waals surface area contributed by atoms with Crippen molar-refractivity contribution in [1.82, 2.24) is 4.57 Å². The lowest BCUT2D eigenvalue weighted by Gasteiger charge is -2.24. The van der Waals surface area contributed by atoms with Gasteiger partial charge >= 0.3 is 5.97 Å². The van der Waals surface area contributed by atoms with Gasteiger partial charge in [-0.3, -0.25) is 9.36 Å². The Morgan fingerprint density at radius 3 is 2.60 bits per heavy atom. The van der Waals surface area contributed by atoms with E-state index in [0.717, 1.165) is 5.56 Å². The van der Waals surface area contributed by atoms with Crippen molar-refractivity contribution in [3.8, 4) is 0 Å². The fourth-order valence-corrected chi connectivity index (χ4v) is 4.53. The van der Waals surface area contributed by atoms with Crippen molar-refractivity contribution in [1.29, 1.82) is 0 Å². The number of esters is 1. The normalized spacial score (nSPS) is 16.2. The smallest absolute Gasteiger partial charge is 0.338 e. The van der Waals surface area contributed by atoms with Crippen molar-refractivity contribution >= 4 is 23.4 Å². The summed E-state index contributed by atoms with van der Waals surface area (Å²) in [6, 6.07) is 14.6. The number of rotatable bonds is 4. The van der Waals surface area contributed by atoms with Gasteiger partial charge in [-0.2, -0.15) is 0 Å². The molecule has 1 aromatic heterocycles. The van der Waals surface area contributed by atoms with Crippen LogP contribution in [0.15, 0.2) is 75.7 Å². The van der Waals surface area contributed by atoms with Crippen LogP contribution in [0.4, 0.5) is 4.39 Å². The van der Waals surface area contributed by atoms with Gasteiger partial charge in [0.15, 0.2) is 4.80 Å². The van der Waals surface area contributed by atoms with Crippen LogP contribution in [0.2, 0.25) is 0 Å². The van der Waals surface area contributed by atoms with Gasteiger partial charge in [0.05, 0.1) is 22.4 Å². The highest BCUT2D eigenvalue weighted by molar-refractivity contribution is 7.07. The van der Waals surface area contributed by atoms with Crippen LogP contribution in [0.1, 0.15) is 31.0 Å². The predicted octanol–water partition coefficient (Wildman–Crippen LogP) is 2.94. The molecule has 0 aliphatic carbocycles. The van der Waals surface area contributed by atoms with E-state index in [4.69, 9.17) is 4.74 Å². The molecule has 1 atom stereocenters. The molecule has 0 unspecified atom stereocenters. The molecule has 30 heavy (non-hydrogen) atoms. The summed E-state index contributed by atoms with van der Waals surface area (Å²) in [5.41, 5.74) is 1.34. The molecule has 1 aliphatic heterocycles. The Kier molecular flexibility index (Phi) is 5.46. The lowest BCUT2D eigenvalue weighted by Crippen LogP contribution is -2.40. The quantitative estimate of drug-likeness (QED) is 0.608. The maximum atomic E-state index is 14.8. The van der Waals surface area contributed by atoms with Gasteiger partial charge in [0, 0.05) is 5.56 Å². The van der Waals surface area contributed by atoms with Gasteiger partial charge in [0.1, 0.15) is 11.9 Å². The third-order valence-electron chi connectivity index (χ3n) is 4.81. The van der Waals surface area contributed by atoms with Gasteiger partial charge in [-0.1, -0.05) is 59.9 Å². The van der Waals surface area contributed by atoms with E-state index in [-0.39, 0.29) is 23.3 Å². The Morgan fingerprint density at radius 1 is 1.20 bits per heavy atom. The fourth-order valence-electron chi connectivity index (χ4n) is 3.48. The van der Waals surface area contributed by atoms with Crippen molar-refractivity contribution in [3.63, 3.8) is 0 Å². The highest BCUT2D eigenvalue weighted by Crippen LogP contribution is 2.32. The van der Waals surface area contributed by atoms with Crippen molar-refractivity contribution in [2.45, 2.75) is 19.9 Å². The number of hydrogen-bond donors (Lipinski definition) is 0. The van der Waals surface area contributed by atoms with E-state index in [2.05, 4.69) is 4.99 Å². The zero-order chi connectivity index (χ0) is 21.3. The summed E-state index contributed by atoms with van der Waals surface area (Å²) in [7, 11) is 0. The molecular formula is C23H19FN2O3S. The van der Waals surface area contributed by atoms with Crippen LogP contribution >= 0.6 is 11.3 Å². The first-order valence-corrected chi connectivity index (χ1v) is 10.3. The standard InChI is InChI=1S/C23H19FN2O3S/c1-3-29-22(28)19-14(2)25-23-26(20(19)16-11-7-8-12-17(16)24)21(27)18(30-23)13-15-9-5-4-6-10-15/h4-13,20H,3H2,1-2H3/b18-13-/t20-/m1/s1. The number of thiazole rings is 1. The number of nitrogens with zero attached hydrogens (tertiary/aromatic N) is 2. The Hall–Kier alpha value is -3.32. The van der Waals surface area contributed by atoms with Crippen molar-refractivity contribution < 1.29 is 13.9 Å². The number of allylic oxidation sites excluding steroid dienone is 1. The highest BCUT2D eigenvalue weighted by Gasteiger charge is 2.34. The summed E-state index contributed by atoms with van der Waals surface area (Å²) in [5, 5.41) is 0. The zero-order valence-electron chi connectivity index (χ0n) is 16.5. The van der Waals surface area contributed by atoms with Gasteiger partial charge in [0.2, 0.25) is 0 Å². The van der Waals surface area contributed by atoms with E-state index in [1.807, 2.05) is 30.3 Å². The monoisotopic (exact) mass is 422 g/mol. The van der Waals surface area contributed by atoms with Crippen LogP contribution in [0.5, 0.6) is 0 Å².